The van der Waals surface area contributed by atoms with Gasteiger partial charge in [-0.25, -0.2) is 0 Å². The Morgan fingerprint density at radius 2 is 2.31 bits per heavy atom. The molecule has 0 bridgehead atoms. The number of fused-ring (bicyclic) bond motifs is 1. The number of hydrogen-bond acceptors (Lipinski definition) is 2. The second-order valence-corrected chi connectivity index (χ2v) is 5.55. The van der Waals surface area contributed by atoms with Crippen LogP contribution in [0.15, 0.2) is 4.08 Å². The van der Waals surface area contributed by atoms with Gasteiger partial charge in [0, 0.05) is 5.56 Å². The van der Waals surface area contributed by atoms with Crippen molar-refractivity contribution >= 4 is 30.8 Å². The summed E-state index contributed by atoms with van der Waals surface area (Å²) in [4.78, 5) is 0. The first-order valence-electron chi connectivity index (χ1n) is 4.02. The lowest BCUT2D eigenvalue weighted by atomic mass is 10.0. The summed E-state index contributed by atoms with van der Waals surface area (Å²) in [6.45, 7) is 3.54. The number of nitrogens with zero attached hydrogens (tertiary/aromatic N) is 1. The Balaban J connectivity index is 2.57. The van der Waals surface area contributed by atoms with E-state index in [1.165, 1.54) is 0 Å². The fourth-order valence-electron chi connectivity index (χ4n) is 1.26. The van der Waals surface area contributed by atoms with E-state index in [1.807, 2.05) is 6.08 Å². The molecule has 0 spiro atoms. The van der Waals surface area contributed by atoms with Crippen LogP contribution in [-0.2, 0) is 5.60 Å². The minimum Gasteiger partial charge on any atom is -0.384 e. The van der Waals surface area contributed by atoms with Crippen LogP contribution >= 0.6 is 20.7 Å². The predicted molar refractivity (Wildman–Crippen MR) is 62.1 cm³/mol. The Kier molecular flexibility index (Phi) is 2.11. The van der Waals surface area contributed by atoms with Crippen LogP contribution in [0.4, 0.5) is 0 Å². The van der Waals surface area contributed by atoms with Gasteiger partial charge in [0.2, 0.25) is 0 Å². The maximum atomic E-state index is 9.83. The zero-order valence-electron chi connectivity index (χ0n) is 7.50. The normalized spacial score (nSPS) is 15.3. The van der Waals surface area contributed by atoms with Gasteiger partial charge in [-0.3, -0.25) is 5.10 Å². The van der Waals surface area contributed by atoms with Gasteiger partial charge in [-0.2, -0.15) is 5.10 Å². The average molecular weight is 290 g/mol. The minimum atomic E-state index is -0.827. The standard InChI is InChI=1S/C9H11IN2O/c1-9(2,13)8-6-5-10-4-3-7(6)11-12-8/h3-5,13H,1-2H3,(H,11,12). The molecule has 13 heavy (non-hydrogen) atoms. The number of aromatic nitrogens is 2. The number of hydrogen-bond donors (Lipinski definition) is 2. The largest absolute Gasteiger partial charge is 0.384 e. The Hall–Kier alpha value is -0.490. The zero-order valence-corrected chi connectivity index (χ0v) is 9.66. The fraction of sp³-hybridized carbons (Fsp3) is 0.333. The van der Waals surface area contributed by atoms with Crippen molar-refractivity contribution in [2.24, 2.45) is 0 Å². The quantitative estimate of drug-likeness (QED) is 0.774. The molecule has 1 aliphatic heterocycles. The van der Waals surface area contributed by atoms with E-state index < -0.39 is 5.60 Å². The summed E-state index contributed by atoms with van der Waals surface area (Å²) in [6.07, 6.45) is 2.02. The Morgan fingerprint density at radius 1 is 1.54 bits per heavy atom. The van der Waals surface area contributed by atoms with Crippen LogP contribution in [0.3, 0.4) is 0 Å². The molecule has 0 saturated carbocycles. The van der Waals surface area contributed by atoms with E-state index >= 15 is 0 Å². The summed E-state index contributed by atoms with van der Waals surface area (Å²) < 4.78 is 4.35. The molecule has 2 N–H and O–H groups in total. The zero-order chi connectivity index (χ0) is 9.47. The topological polar surface area (TPSA) is 48.9 Å². The van der Waals surface area contributed by atoms with E-state index in [1.54, 1.807) is 13.8 Å². The van der Waals surface area contributed by atoms with E-state index in [4.69, 9.17) is 0 Å². The molecular formula is C9H11IN2O. The van der Waals surface area contributed by atoms with Gasteiger partial charge < -0.3 is 5.11 Å². The molecule has 0 aliphatic carbocycles. The summed E-state index contributed by atoms with van der Waals surface area (Å²) in [5.74, 6) is 0. The SMILES string of the molecule is CC(C)(O)c1[nH]nc2c1C=IC=C2. The molecular weight excluding hydrogens is 279 g/mol. The highest BCUT2D eigenvalue weighted by atomic mass is 127. The lowest BCUT2D eigenvalue weighted by molar-refractivity contribution is 0.0737. The smallest absolute Gasteiger partial charge is 0.101 e. The maximum Gasteiger partial charge on any atom is 0.101 e. The predicted octanol–water partition coefficient (Wildman–Crippen LogP) is 1.74. The third-order valence-electron chi connectivity index (χ3n) is 1.91. The molecule has 0 aromatic carbocycles. The van der Waals surface area contributed by atoms with E-state index in [9.17, 15) is 5.11 Å². The molecule has 1 aromatic heterocycles. The van der Waals surface area contributed by atoms with Crippen molar-refractivity contribution < 1.29 is 5.11 Å². The number of nitrogens with one attached hydrogen (secondary N) is 1. The summed E-state index contributed by atoms with van der Waals surface area (Å²) in [6, 6.07) is 0. The molecule has 2 heterocycles. The van der Waals surface area contributed by atoms with Crippen molar-refractivity contribution in [1.29, 1.82) is 0 Å². The van der Waals surface area contributed by atoms with E-state index in [0.717, 1.165) is 17.0 Å². The molecule has 0 saturated heterocycles. The van der Waals surface area contributed by atoms with Gasteiger partial charge in [-0.1, -0.05) is 20.7 Å². The van der Waals surface area contributed by atoms with Gasteiger partial charge in [0.15, 0.2) is 0 Å². The first kappa shape index (κ1) is 9.08. The third kappa shape index (κ3) is 1.60. The van der Waals surface area contributed by atoms with E-state index in [-0.39, 0.29) is 20.7 Å². The monoisotopic (exact) mass is 290 g/mol. The second-order valence-electron chi connectivity index (χ2n) is 3.48. The Bertz CT molecular complexity index is 385. The number of H-pyrrole nitrogens is 1. The lowest BCUT2D eigenvalue weighted by Crippen LogP contribution is -2.18. The van der Waals surface area contributed by atoms with E-state index in [0.29, 0.717) is 0 Å². The van der Waals surface area contributed by atoms with Crippen LogP contribution in [-0.4, -0.2) is 19.3 Å². The molecule has 0 amide bonds. The molecule has 4 heteroatoms. The molecule has 70 valence electrons. The van der Waals surface area contributed by atoms with Gasteiger partial charge >= 0.3 is 0 Å². The Labute approximate surface area is 86.6 Å². The van der Waals surface area contributed by atoms with Crippen molar-refractivity contribution in [1.82, 2.24) is 10.2 Å². The van der Waals surface area contributed by atoms with Crippen LogP contribution in [0.5, 0.6) is 0 Å². The Morgan fingerprint density at radius 3 is 3.00 bits per heavy atom. The fourth-order valence-corrected chi connectivity index (χ4v) is 3.01. The number of rotatable bonds is 1. The van der Waals surface area contributed by atoms with Crippen LogP contribution in [0, 0.1) is 0 Å². The van der Waals surface area contributed by atoms with Crippen molar-refractivity contribution in [2.45, 2.75) is 19.4 Å². The highest BCUT2D eigenvalue weighted by Crippen LogP contribution is 2.26. The molecule has 0 atom stereocenters. The van der Waals surface area contributed by atoms with Gasteiger partial charge in [0.05, 0.1) is 11.4 Å². The van der Waals surface area contributed by atoms with Gasteiger partial charge in [0.25, 0.3) is 0 Å². The molecule has 0 fully saturated rings. The number of halogens is 1. The number of aliphatic hydroxyl groups is 1. The molecule has 2 rings (SSSR count). The highest BCUT2D eigenvalue weighted by molar-refractivity contribution is 14.2. The third-order valence-corrected chi connectivity index (χ3v) is 3.67. The summed E-state index contributed by atoms with van der Waals surface area (Å²) in [7, 11) is 0. The van der Waals surface area contributed by atoms with Crippen molar-refractivity contribution in [3.05, 3.63) is 21.0 Å². The van der Waals surface area contributed by atoms with Gasteiger partial charge in [-0.15, -0.1) is 0 Å². The summed E-state index contributed by atoms with van der Waals surface area (Å²) in [5.41, 5.74) is 2.03. The molecule has 0 radical (unpaired) electrons. The van der Waals surface area contributed by atoms with Crippen LogP contribution in [0.25, 0.3) is 6.08 Å². The molecule has 0 unspecified atom stereocenters. The van der Waals surface area contributed by atoms with Crippen LogP contribution in [0.1, 0.15) is 30.8 Å². The molecule has 1 aromatic rings. The molecule has 1 aliphatic rings. The van der Waals surface area contributed by atoms with Gasteiger partial charge in [-0.05, 0) is 28.0 Å². The van der Waals surface area contributed by atoms with Crippen molar-refractivity contribution in [2.75, 3.05) is 0 Å². The first-order valence-corrected chi connectivity index (χ1v) is 6.51. The van der Waals surface area contributed by atoms with Crippen LogP contribution < -0.4 is 0 Å². The van der Waals surface area contributed by atoms with Crippen molar-refractivity contribution in [3.63, 3.8) is 0 Å². The highest BCUT2D eigenvalue weighted by Gasteiger charge is 2.23. The second kappa shape index (κ2) is 3.02. The molecule has 3 nitrogen and oxygen atoms in total. The van der Waals surface area contributed by atoms with Gasteiger partial charge in [0.1, 0.15) is 5.60 Å². The van der Waals surface area contributed by atoms with Crippen molar-refractivity contribution in [3.8, 4) is 0 Å². The lowest BCUT2D eigenvalue weighted by Gasteiger charge is -2.16. The first-order chi connectivity index (χ1) is 6.09. The average Bonchev–Trinajstić information content (AvgIpc) is 2.45. The summed E-state index contributed by atoms with van der Waals surface area (Å²) in [5, 5.41) is 16.9. The summed E-state index contributed by atoms with van der Waals surface area (Å²) >= 11 is 0.0101. The number of aromatic amines is 1. The van der Waals surface area contributed by atoms with E-state index in [2.05, 4.69) is 18.3 Å². The maximum absolute atomic E-state index is 9.83. The van der Waals surface area contributed by atoms with Crippen LogP contribution in [0.2, 0.25) is 0 Å². The minimum absolute atomic E-state index is 0.0101.